The van der Waals surface area contributed by atoms with Crippen LogP contribution >= 0.6 is 0 Å². The van der Waals surface area contributed by atoms with Gasteiger partial charge in [-0.2, -0.15) is 0 Å². The number of nitrogens with one attached hydrogen (secondary N) is 1. The largest absolute Gasteiger partial charge is 0.334 e. The van der Waals surface area contributed by atoms with Crippen LogP contribution in [0.1, 0.15) is 38.5 Å². The molecule has 2 amide bonds. The molecule has 3 fully saturated rings. The summed E-state index contributed by atoms with van der Waals surface area (Å²) >= 11 is 0. The number of hydrogen-bond donors (Lipinski definition) is 1. The van der Waals surface area contributed by atoms with Crippen molar-refractivity contribution in [1.29, 1.82) is 0 Å². The zero-order chi connectivity index (χ0) is 11.7. The number of nitrogens with zero attached hydrogens (tertiary/aromatic N) is 2. The van der Waals surface area contributed by atoms with Gasteiger partial charge in [0.25, 0.3) is 0 Å². The van der Waals surface area contributed by atoms with Crippen molar-refractivity contribution in [3.8, 4) is 0 Å². The summed E-state index contributed by atoms with van der Waals surface area (Å²) in [6.07, 6.45) is 7.50. The fourth-order valence-corrected chi connectivity index (χ4v) is 3.04. The Kier molecular flexibility index (Phi) is 3.23. The molecule has 2 saturated heterocycles. The number of carbonyl (C=O) groups is 1. The molecule has 3 rings (SSSR count). The van der Waals surface area contributed by atoms with Crippen LogP contribution < -0.4 is 5.32 Å². The summed E-state index contributed by atoms with van der Waals surface area (Å²) in [7, 11) is 0. The third-order valence-corrected chi connectivity index (χ3v) is 4.25. The van der Waals surface area contributed by atoms with Gasteiger partial charge in [-0.25, -0.2) is 4.79 Å². The molecule has 0 bridgehead atoms. The molecular weight excluding hydrogens is 214 g/mol. The molecule has 0 aromatic heterocycles. The van der Waals surface area contributed by atoms with Gasteiger partial charge in [-0.05, 0) is 38.5 Å². The van der Waals surface area contributed by atoms with Gasteiger partial charge in [-0.1, -0.05) is 0 Å². The lowest BCUT2D eigenvalue weighted by atomic mass is 10.1. The first-order valence-electron chi connectivity index (χ1n) is 7.12. The summed E-state index contributed by atoms with van der Waals surface area (Å²) in [5.41, 5.74) is 0. The van der Waals surface area contributed by atoms with Crippen LogP contribution in [0, 0.1) is 0 Å². The van der Waals surface area contributed by atoms with E-state index in [4.69, 9.17) is 0 Å². The molecule has 4 heteroatoms. The first-order chi connectivity index (χ1) is 8.33. The first kappa shape index (κ1) is 11.3. The number of rotatable bonds is 2. The lowest BCUT2D eigenvalue weighted by Crippen LogP contribution is -2.47. The lowest BCUT2D eigenvalue weighted by Gasteiger charge is -2.28. The Balaban J connectivity index is 1.44. The molecule has 0 spiro atoms. The highest BCUT2D eigenvalue weighted by Gasteiger charge is 2.35. The molecule has 1 N–H and O–H groups in total. The van der Waals surface area contributed by atoms with Gasteiger partial charge in [-0.15, -0.1) is 0 Å². The van der Waals surface area contributed by atoms with E-state index in [1.54, 1.807) is 0 Å². The minimum atomic E-state index is 0.173. The highest BCUT2D eigenvalue weighted by Crippen LogP contribution is 2.29. The molecule has 0 aromatic rings. The second kappa shape index (κ2) is 4.84. The summed E-state index contributed by atoms with van der Waals surface area (Å²) in [6.45, 7) is 4.15. The molecule has 96 valence electrons. The van der Waals surface area contributed by atoms with E-state index in [0.717, 1.165) is 32.1 Å². The molecule has 4 nitrogen and oxygen atoms in total. The highest BCUT2D eigenvalue weighted by atomic mass is 16.2. The molecule has 3 aliphatic rings. The van der Waals surface area contributed by atoms with Crippen LogP contribution in [0.3, 0.4) is 0 Å². The number of likely N-dealkylation sites (tertiary alicyclic amines) is 2. The topological polar surface area (TPSA) is 35.6 Å². The Bertz CT molecular complexity index is 284. The van der Waals surface area contributed by atoms with Crippen molar-refractivity contribution in [1.82, 2.24) is 15.1 Å². The predicted molar refractivity (Wildman–Crippen MR) is 67.0 cm³/mol. The van der Waals surface area contributed by atoms with E-state index >= 15 is 0 Å². The predicted octanol–water partition coefficient (Wildman–Crippen LogP) is 1.42. The standard InChI is InChI=1S/C13H23N3O/c17-13(15-7-2-1-3-8-15)14-11-6-9-16(10-11)12-4-5-12/h11-12H,1-10H2,(H,14,17). The fourth-order valence-electron chi connectivity index (χ4n) is 3.04. The summed E-state index contributed by atoms with van der Waals surface area (Å²) < 4.78 is 0. The molecule has 1 atom stereocenters. The molecule has 2 heterocycles. The third-order valence-electron chi connectivity index (χ3n) is 4.25. The average Bonchev–Trinajstić information content (AvgIpc) is 3.12. The maximum absolute atomic E-state index is 12.0. The smallest absolute Gasteiger partial charge is 0.317 e. The molecule has 1 unspecified atom stereocenters. The number of piperidine rings is 1. The van der Waals surface area contributed by atoms with Crippen LogP contribution in [-0.2, 0) is 0 Å². The summed E-state index contributed by atoms with van der Waals surface area (Å²) in [5.74, 6) is 0. The second-order valence-electron chi connectivity index (χ2n) is 5.71. The first-order valence-corrected chi connectivity index (χ1v) is 7.12. The Morgan fingerprint density at radius 2 is 1.76 bits per heavy atom. The number of carbonyl (C=O) groups excluding carboxylic acids is 1. The Morgan fingerprint density at radius 3 is 2.47 bits per heavy atom. The van der Waals surface area contributed by atoms with Gasteiger partial charge >= 0.3 is 6.03 Å². The van der Waals surface area contributed by atoms with E-state index in [9.17, 15) is 4.79 Å². The molecule has 1 saturated carbocycles. The highest BCUT2D eigenvalue weighted by molar-refractivity contribution is 5.74. The molecule has 0 aromatic carbocycles. The van der Waals surface area contributed by atoms with Crippen molar-refractivity contribution in [2.24, 2.45) is 0 Å². The zero-order valence-corrected chi connectivity index (χ0v) is 10.5. The van der Waals surface area contributed by atoms with Crippen molar-refractivity contribution in [3.05, 3.63) is 0 Å². The van der Waals surface area contributed by atoms with E-state index < -0.39 is 0 Å². The van der Waals surface area contributed by atoms with Crippen molar-refractivity contribution in [2.75, 3.05) is 26.2 Å². The minimum Gasteiger partial charge on any atom is -0.334 e. The molecule has 2 aliphatic heterocycles. The van der Waals surface area contributed by atoms with Crippen LogP contribution in [0.15, 0.2) is 0 Å². The van der Waals surface area contributed by atoms with Crippen LogP contribution in [0.4, 0.5) is 4.79 Å². The van der Waals surface area contributed by atoms with E-state index in [1.807, 2.05) is 4.90 Å². The van der Waals surface area contributed by atoms with Crippen LogP contribution in [0.25, 0.3) is 0 Å². The van der Waals surface area contributed by atoms with E-state index in [-0.39, 0.29) is 6.03 Å². The molecular formula is C13H23N3O. The number of hydrogen-bond acceptors (Lipinski definition) is 2. The number of urea groups is 1. The number of amides is 2. The Morgan fingerprint density at radius 1 is 1.00 bits per heavy atom. The van der Waals surface area contributed by atoms with Crippen molar-refractivity contribution in [2.45, 2.75) is 50.6 Å². The molecule has 17 heavy (non-hydrogen) atoms. The zero-order valence-electron chi connectivity index (χ0n) is 10.5. The fraction of sp³-hybridized carbons (Fsp3) is 0.923. The monoisotopic (exact) mass is 237 g/mol. The maximum atomic E-state index is 12.0. The summed E-state index contributed by atoms with van der Waals surface area (Å²) in [6, 6.07) is 1.41. The van der Waals surface area contributed by atoms with Gasteiger partial charge in [0.1, 0.15) is 0 Å². The maximum Gasteiger partial charge on any atom is 0.317 e. The summed E-state index contributed by atoms with van der Waals surface area (Å²) in [4.78, 5) is 16.6. The van der Waals surface area contributed by atoms with Crippen molar-refractivity contribution in [3.63, 3.8) is 0 Å². The van der Waals surface area contributed by atoms with Gasteiger partial charge < -0.3 is 10.2 Å². The molecule has 0 radical (unpaired) electrons. The Hall–Kier alpha value is -0.770. The second-order valence-corrected chi connectivity index (χ2v) is 5.71. The minimum absolute atomic E-state index is 0.173. The van der Waals surface area contributed by atoms with Crippen molar-refractivity contribution < 1.29 is 4.79 Å². The lowest BCUT2D eigenvalue weighted by molar-refractivity contribution is 0.182. The van der Waals surface area contributed by atoms with Gasteiger partial charge in [-0.3, -0.25) is 4.90 Å². The van der Waals surface area contributed by atoms with E-state index in [0.29, 0.717) is 6.04 Å². The van der Waals surface area contributed by atoms with E-state index in [2.05, 4.69) is 10.2 Å². The van der Waals surface area contributed by atoms with Crippen LogP contribution in [0.5, 0.6) is 0 Å². The van der Waals surface area contributed by atoms with Gasteiger partial charge in [0, 0.05) is 38.3 Å². The molecule has 1 aliphatic carbocycles. The SMILES string of the molecule is O=C(NC1CCN(C2CC2)C1)N1CCCCC1. The van der Waals surface area contributed by atoms with Crippen LogP contribution in [0.2, 0.25) is 0 Å². The van der Waals surface area contributed by atoms with Crippen LogP contribution in [-0.4, -0.2) is 54.1 Å². The van der Waals surface area contributed by atoms with Gasteiger partial charge in [0.05, 0.1) is 0 Å². The normalized spacial score (nSPS) is 30.6. The van der Waals surface area contributed by atoms with Gasteiger partial charge in [0.2, 0.25) is 0 Å². The van der Waals surface area contributed by atoms with Crippen molar-refractivity contribution >= 4 is 6.03 Å². The van der Waals surface area contributed by atoms with E-state index in [1.165, 1.54) is 38.6 Å². The third kappa shape index (κ3) is 2.73. The Labute approximate surface area is 103 Å². The average molecular weight is 237 g/mol. The quantitative estimate of drug-likeness (QED) is 0.788. The van der Waals surface area contributed by atoms with Gasteiger partial charge in [0.15, 0.2) is 0 Å². The summed E-state index contributed by atoms with van der Waals surface area (Å²) in [5, 5.41) is 3.21.